The van der Waals surface area contributed by atoms with Crippen LogP contribution in [0.3, 0.4) is 0 Å². The van der Waals surface area contributed by atoms with E-state index in [2.05, 4.69) is 15.5 Å². The summed E-state index contributed by atoms with van der Waals surface area (Å²) in [5.74, 6) is 0.402. The van der Waals surface area contributed by atoms with Crippen LogP contribution in [-0.2, 0) is 11.2 Å². The molecule has 0 aliphatic heterocycles. The summed E-state index contributed by atoms with van der Waals surface area (Å²) < 4.78 is 12.5. The lowest BCUT2D eigenvalue weighted by Crippen LogP contribution is -2.13. The average molecular weight is 506 g/mol. The van der Waals surface area contributed by atoms with Crippen molar-refractivity contribution < 1.29 is 14.3 Å². The van der Waals surface area contributed by atoms with Gasteiger partial charge in [-0.2, -0.15) is 5.26 Å². The molecule has 0 fully saturated rings. The number of hydrogen-bond acceptors (Lipinski definition) is 7. The fourth-order valence-corrected chi connectivity index (χ4v) is 4.37. The van der Waals surface area contributed by atoms with Crippen LogP contribution in [0, 0.1) is 11.3 Å². The van der Waals surface area contributed by atoms with E-state index in [0.717, 1.165) is 10.6 Å². The summed E-state index contributed by atoms with van der Waals surface area (Å²) >= 11 is 7.58. The number of ether oxygens (including phenoxy) is 2. The van der Waals surface area contributed by atoms with E-state index in [4.69, 9.17) is 21.1 Å². The number of rotatable bonds is 8. The number of anilines is 1. The number of hydrogen-bond donors (Lipinski definition) is 1. The van der Waals surface area contributed by atoms with Gasteiger partial charge in [0.15, 0.2) is 0 Å². The van der Waals surface area contributed by atoms with Gasteiger partial charge in [0.1, 0.15) is 28.1 Å². The van der Waals surface area contributed by atoms with Crippen LogP contribution in [-0.4, -0.2) is 34.9 Å². The Morgan fingerprint density at radius 2 is 1.91 bits per heavy atom. The van der Waals surface area contributed by atoms with Gasteiger partial charge in [0.2, 0.25) is 5.13 Å². The normalized spacial score (nSPS) is 11.1. The second kappa shape index (κ2) is 10.9. The molecule has 0 saturated carbocycles. The van der Waals surface area contributed by atoms with Crippen LogP contribution in [0.15, 0.2) is 66.4 Å². The number of aromatic nitrogens is 3. The number of halogens is 1. The van der Waals surface area contributed by atoms with Crippen molar-refractivity contribution in [1.82, 2.24) is 14.8 Å². The van der Waals surface area contributed by atoms with E-state index in [-0.39, 0.29) is 5.57 Å². The lowest BCUT2D eigenvalue weighted by atomic mass is 10.2. The van der Waals surface area contributed by atoms with Crippen LogP contribution in [0.2, 0.25) is 5.02 Å². The van der Waals surface area contributed by atoms with E-state index in [0.29, 0.717) is 39.5 Å². The fourth-order valence-electron chi connectivity index (χ4n) is 3.37. The van der Waals surface area contributed by atoms with E-state index in [9.17, 15) is 10.1 Å². The average Bonchev–Trinajstić information content (AvgIpc) is 3.52. The number of methoxy groups -OCH3 is 2. The zero-order chi connectivity index (χ0) is 24.8. The molecule has 0 unspecified atom stereocenters. The third kappa shape index (κ3) is 5.51. The molecule has 2 aromatic heterocycles. The molecule has 4 rings (SSSR count). The maximum absolute atomic E-state index is 12.8. The van der Waals surface area contributed by atoms with Gasteiger partial charge < -0.3 is 14.0 Å². The number of amides is 1. The quantitative estimate of drug-likeness (QED) is 0.263. The highest BCUT2D eigenvalue weighted by Gasteiger charge is 2.16. The molecule has 0 saturated heterocycles. The maximum Gasteiger partial charge on any atom is 0.268 e. The number of carbonyl (C=O) groups is 1. The largest absolute Gasteiger partial charge is 0.495 e. The van der Waals surface area contributed by atoms with Gasteiger partial charge in [-0.3, -0.25) is 10.1 Å². The van der Waals surface area contributed by atoms with Crippen LogP contribution in [0.1, 0.15) is 16.3 Å². The van der Waals surface area contributed by atoms with Gasteiger partial charge in [0.05, 0.1) is 24.9 Å². The SMILES string of the molecule is COc1cc(OC)c(-n2cccc2C=C(C#N)C(=O)Nc2nnc(Cc3ccccc3)s2)cc1Cl. The van der Waals surface area contributed by atoms with Crippen LogP contribution in [0.5, 0.6) is 11.5 Å². The van der Waals surface area contributed by atoms with Gasteiger partial charge in [-0.1, -0.05) is 53.3 Å². The Morgan fingerprint density at radius 1 is 1.14 bits per heavy atom. The molecular weight excluding hydrogens is 486 g/mol. The minimum Gasteiger partial charge on any atom is -0.495 e. The molecular formula is C25H20ClN5O3S. The monoisotopic (exact) mass is 505 g/mol. The van der Waals surface area contributed by atoms with Crippen molar-refractivity contribution in [3.05, 3.63) is 87.7 Å². The van der Waals surface area contributed by atoms with E-state index >= 15 is 0 Å². The van der Waals surface area contributed by atoms with Crippen molar-refractivity contribution in [3.8, 4) is 23.3 Å². The number of nitrogens with one attached hydrogen (secondary N) is 1. The van der Waals surface area contributed by atoms with E-state index in [1.165, 1.54) is 31.6 Å². The minimum atomic E-state index is -0.581. The summed E-state index contributed by atoms with van der Waals surface area (Å²) in [7, 11) is 3.05. The molecule has 0 spiro atoms. The van der Waals surface area contributed by atoms with Crippen molar-refractivity contribution in [3.63, 3.8) is 0 Å². The van der Waals surface area contributed by atoms with E-state index in [1.807, 2.05) is 36.4 Å². The molecule has 2 aromatic carbocycles. The van der Waals surface area contributed by atoms with E-state index < -0.39 is 5.91 Å². The third-order valence-corrected chi connectivity index (χ3v) is 6.17. The van der Waals surface area contributed by atoms with Crippen molar-refractivity contribution in [2.45, 2.75) is 6.42 Å². The smallest absolute Gasteiger partial charge is 0.268 e. The van der Waals surface area contributed by atoms with Crippen LogP contribution < -0.4 is 14.8 Å². The molecule has 0 atom stereocenters. The molecule has 8 nitrogen and oxygen atoms in total. The first kappa shape index (κ1) is 24.0. The summed E-state index contributed by atoms with van der Waals surface area (Å²) in [5, 5.41) is 22.0. The third-order valence-electron chi connectivity index (χ3n) is 5.04. The molecule has 1 amide bonds. The van der Waals surface area contributed by atoms with Crippen molar-refractivity contribution >= 4 is 40.1 Å². The van der Waals surface area contributed by atoms with E-state index in [1.54, 1.807) is 35.0 Å². The van der Waals surface area contributed by atoms with Gasteiger partial charge in [-0.25, -0.2) is 0 Å². The molecule has 35 heavy (non-hydrogen) atoms. The van der Waals surface area contributed by atoms with Crippen molar-refractivity contribution in [2.75, 3.05) is 19.5 Å². The van der Waals surface area contributed by atoms with Crippen LogP contribution >= 0.6 is 22.9 Å². The van der Waals surface area contributed by atoms with Crippen molar-refractivity contribution in [1.29, 1.82) is 5.26 Å². The predicted octanol–water partition coefficient (Wildman–Crippen LogP) is 5.14. The zero-order valence-corrected chi connectivity index (χ0v) is 20.4. The van der Waals surface area contributed by atoms with Gasteiger partial charge in [0, 0.05) is 24.4 Å². The van der Waals surface area contributed by atoms with Crippen molar-refractivity contribution in [2.24, 2.45) is 0 Å². The highest BCUT2D eigenvalue weighted by Crippen LogP contribution is 2.35. The summed E-state index contributed by atoms with van der Waals surface area (Å²) in [5.41, 5.74) is 2.21. The first-order chi connectivity index (χ1) is 17.0. The molecule has 4 aromatic rings. The van der Waals surface area contributed by atoms with Gasteiger partial charge in [-0.05, 0) is 29.8 Å². The Labute approximate surface area is 211 Å². The maximum atomic E-state index is 12.8. The highest BCUT2D eigenvalue weighted by molar-refractivity contribution is 7.15. The molecule has 0 aliphatic rings. The predicted molar refractivity (Wildman–Crippen MR) is 135 cm³/mol. The summed E-state index contributed by atoms with van der Waals surface area (Å²) in [6, 6.07) is 18.7. The second-order valence-corrected chi connectivity index (χ2v) is 8.72. The number of nitriles is 1. The molecule has 1 N–H and O–H groups in total. The molecule has 0 aliphatic carbocycles. The lowest BCUT2D eigenvalue weighted by molar-refractivity contribution is -0.112. The molecule has 2 heterocycles. The molecule has 176 valence electrons. The molecule has 10 heteroatoms. The minimum absolute atomic E-state index is 0.0941. The summed E-state index contributed by atoms with van der Waals surface area (Å²) in [6.45, 7) is 0. The van der Waals surface area contributed by atoms with Crippen LogP contribution in [0.4, 0.5) is 5.13 Å². The Bertz CT molecular complexity index is 1420. The standard InChI is InChI=1S/C25H20ClN5O3S/c1-33-21-14-22(34-2)20(13-19(21)26)31-10-6-9-18(31)12-17(15-27)24(32)28-25-30-29-23(35-25)11-16-7-4-3-5-8-16/h3-10,12-14H,11H2,1-2H3,(H,28,30,32). The fraction of sp³-hybridized carbons (Fsp3) is 0.120. The molecule has 0 radical (unpaired) electrons. The van der Waals surface area contributed by atoms with Gasteiger partial charge in [0.25, 0.3) is 5.91 Å². The second-order valence-electron chi connectivity index (χ2n) is 7.25. The Kier molecular flexibility index (Phi) is 7.45. The summed E-state index contributed by atoms with van der Waals surface area (Å²) in [4.78, 5) is 12.8. The van der Waals surface area contributed by atoms with Gasteiger partial charge in [-0.15, -0.1) is 10.2 Å². The van der Waals surface area contributed by atoms with Gasteiger partial charge >= 0.3 is 0 Å². The Balaban J connectivity index is 1.56. The summed E-state index contributed by atoms with van der Waals surface area (Å²) in [6.07, 6.45) is 3.87. The first-order valence-electron chi connectivity index (χ1n) is 10.4. The van der Waals surface area contributed by atoms with Crippen LogP contribution in [0.25, 0.3) is 11.8 Å². The lowest BCUT2D eigenvalue weighted by Gasteiger charge is -2.14. The molecule has 0 bridgehead atoms. The number of carbonyl (C=O) groups excluding carboxylic acids is 1. The Morgan fingerprint density at radius 3 is 2.63 bits per heavy atom. The first-order valence-corrected chi connectivity index (χ1v) is 11.6. The zero-order valence-electron chi connectivity index (χ0n) is 18.9. The number of benzene rings is 2. The topological polar surface area (TPSA) is 102 Å². The Hall–Kier alpha value is -4.13. The highest BCUT2D eigenvalue weighted by atomic mass is 35.5. The number of nitrogens with zero attached hydrogens (tertiary/aromatic N) is 4.